The highest BCUT2D eigenvalue weighted by atomic mass is 19.3. The van der Waals surface area contributed by atoms with Crippen molar-refractivity contribution in [1.82, 2.24) is 20.4 Å². The number of alkyl halides is 2. The number of rotatable bonds is 10. The van der Waals surface area contributed by atoms with Crippen molar-refractivity contribution in [3.8, 4) is 0 Å². The van der Waals surface area contributed by atoms with E-state index < -0.39 is 66.1 Å². The van der Waals surface area contributed by atoms with E-state index in [1.807, 2.05) is 7.05 Å². The summed E-state index contributed by atoms with van der Waals surface area (Å²) in [6.07, 6.45) is -0.188. The molecule has 0 spiro atoms. The number of hydrogen-bond acceptors (Lipinski definition) is 6. The first-order valence-electron chi connectivity index (χ1n) is 15.4. The average molecular weight is 638 g/mol. The third-order valence-electron chi connectivity index (χ3n) is 8.16. The minimum absolute atomic E-state index is 0.0183. The average Bonchev–Trinajstić information content (AvgIpc) is 2.96. The number of nitrogens with one attached hydrogen (secondary N) is 3. The lowest BCUT2D eigenvalue weighted by molar-refractivity contribution is -0.138. The molecule has 1 saturated heterocycles. The van der Waals surface area contributed by atoms with Crippen LogP contribution in [-0.4, -0.2) is 90.4 Å². The molecule has 45 heavy (non-hydrogen) atoms. The highest BCUT2D eigenvalue weighted by Crippen LogP contribution is 2.38. The topological polar surface area (TPSA) is 120 Å². The zero-order valence-corrected chi connectivity index (χ0v) is 26.8. The van der Waals surface area contributed by atoms with Crippen LogP contribution >= 0.6 is 0 Å². The van der Waals surface area contributed by atoms with E-state index in [-0.39, 0.29) is 36.8 Å². The van der Waals surface area contributed by atoms with Gasteiger partial charge in [-0.3, -0.25) is 14.4 Å². The summed E-state index contributed by atoms with van der Waals surface area (Å²) in [5, 5.41) is 7.75. The molecule has 0 radical (unpaired) electrons. The van der Waals surface area contributed by atoms with Gasteiger partial charge in [0.25, 0.3) is 0 Å². The number of nitrogens with zero attached hydrogens (tertiary/aromatic N) is 2. The molecule has 1 aliphatic heterocycles. The third-order valence-corrected chi connectivity index (χ3v) is 8.16. The van der Waals surface area contributed by atoms with Crippen LogP contribution < -0.4 is 16.0 Å². The van der Waals surface area contributed by atoms with Crippen molar-refractivity contribution in [3.05, 3.63) is 42.2 Å². The van der Waals surface area contributed by atoms with E-state index in [1.54, 1.807) is 32.6 Å². The lowest BCUT2D eigenvalue weighted by Gasteiger charge is -2.36. The van der Waals surface area contributed by atoms with Crippen molar-refractivity contribution in [2.24, 2.45) is 5.92 Å². The van der Waals surface area contributed by atoms with Gasteiger partial charge in [-0.2, -0.15) is 0 Å². The fraction of sp³-hybridized carbons (Fsp3) is 0.625. The maximum Gasteiger partial charge on any atom is 0.408 e. The highest BCUT2D eigenvalue weighted by Gasteiger charge is 2.41. The Bertz CT molecular complexity index is 1240. The molecule has 1 aliphatic carbocycles. The Labute approximate surface area is 263 Å². The molecule has 2 fully saturated rings. The van der Waals surface area contributed by atoms with E-state index in [2.05, 4.69) is 27.4 Å². The summed E-state index contributed by atoms with van der Waals surface area (Å²) in [5.41, 5.74) is -0.723. The summed E-state index contributed by atoms with van der Waals surface area (Å²) in [6, 6.07) is 1.72. The largest absolute Gasteiger partial charge is 0.444 e. The van der Waals surface area contributed by atoms with E-state index in [1.165, 1.54) is 18.2 Å². The molecule has 3 rings (SSSR count). The van der Waals surface area contributed by atoms with Crippen LogP contribution in [0.4, 0.5) is 23.7 Å². The summed E-state index contributed by atoms with van der Waals surface area (Å²) in [5.74, 6) is -6.50. The fourth-order valence-corrected chi connectivity index (χ4v) is 5.55. The number of anilines is 1. The van der Waals surface area contributed by atoms with Crippen molar-refractivity contribution in [1.29, 1.82) is 0 Å². The van der Waals surface area contributed by atoms with Gasteiger partial charge in [0.1, 0.15) is 23.5 Å². The Balaban J connectivity index is 1.83. The van der Waals surface area contributed by atoms with Gasteiger partial charge in [-0.05, 0) is 64.3 Å². The molecule has 1 heterocycles. The van der Waals surface area contributed by atoms with Crippen LogP contribution in [0.5, 0.6) is 0 Å². The van der Waals surface area contributed by atoms with Crippen molar-refractivity contribution >= 4 is 29.5 Å². The Morgan fingerprint density at radius 1 is 1.09 bits per heavy atom. The summed E-state index contributed by atoms with van der Waals surface area (Å²) >= 11 is 0. The number of alkyl carbamates (subject to hydrolysis) is 1. The molecule has 13 heteroatoms. The lowest BCUT2D eigenvalue weighted by Crippen LogP contribution is -2.55. The molecular weight excluding hydrogens is 591 g/mol. The molecule has 0 unspecified atom stereocenters. The van der Waals surface area contributed by atoms with Crippen LogP contribution in [0.15, 0.2) is 30.9 Å². The molecule has 1 aromatic rings. The summed E-state index contributed by atoms with van der Waals surface area (Å²) in [6.45, 7) is 12.8. The predicted molar refractivity (Wildman–Crippen MR) is 164 cm³/mol. The number of halogens is 3. The molecule has 2 aliphatic rings. The summed E-state index contributed by atoms with van der Waals surface area (Å²) in [7, 11) is 1.96. The first-order chi connectivity index (χ1) is 21.0. The molecule has 1 aromatic carbocycles. The Hall–Kier alpha value is -3.61. The minimum Gasteiger partial charge on any atom is -0.444 e. The second-order valence-electron chi connectivity index (χ2n) is 12.8. The van der Waals surface area contributed by atoms with Gasteiger partial charge in [0.2, 0.25) is 23.6 Å². The van der Waals surface area contributed by atoms with Gasteiger partial charge < -0.3 is 30.5 Å². The van der Waals surface area contributed by atoms with E-state index in [0.717, 1.165) is 6.07 Å². The summed E-state index contributed by atoms with van der Waals surface area (Å²) in [4.78, 5) is 55.7. The second kappa shape index (κ2) is 15.1. The molecule has 10 nitrogen and oxygen atoms in total. The van der Waals surface area contributed by atoms with Crippen LogP contribution in [0.1, 0.15) is 71.3 Å². The molecule has 0 bridgehead atoms. The molecule has 4 amide bonds. The van der Waals surface area contributed by atoms with Gasteiger partial charge in [-0.25, -0.2) is 18.0 Å². The molecule has 3 N–H and O–H groups in total. The van der Waals surface area contributed by atoms with Crippen molar-refractivity contribution in [2.45, 2.75) is 89.3 Å². The van der Waals surface area contributed by atoms with Crippen molar-refractivity contribution in [3.63, 3.8) is 0 Å². The number of hydrogen-bond donors (Lipinski definition) is 3. The quantitative estimate of drug-likeness (QED) is 0.327. The monoisotopic (exact) mass is 637 g/mol. The van der Waals surface area contributed by atoms with Crippen LogP contribution in [0.25, 0.3) is 0 Å². The Morgan fingerprint density at radius 3 is 2.24 bits per heavy atom. The van der Waals surface area contributed by atoms with Crippen LogP contribution in [0, 0.1) is 11.7 Å². The molecule has 1 saturated carbocycles. The SMILES string of the molecule is C=C[C@@H](c1ccc(NC(=O)[C@@H](NC(=O)OC(C)(C)C)C2CCC(F)(F)CC2)c(F)c1)[C@@H](NC(=O)CC)C(=O)N1CCN(C)CC1. The smallest absolute Gasteiger partial charge is 0.408 e. The van der Waals surface area contributed by atoms with Crippen molar-refractivity contribution in [2.75, 3.05) is 38.5 Å². The highest BCUT2D eigenvalue weighted by molar-refractivity contribution is 5.97. The molecule has 0 aromatic heterocycles. The maximum absolute atomic E-state index is 15.5. The van der Waals surface area contributed by atoms with E-state index in [9.17, 15) is 28.0 Å². The number of ether oxygens (including phenoxy) is 1. The number of likely N-dealkylation sites (N-methyl/N-ethyl adjacent to an activating group) is 1. The van der Waals surface area contributed by atoms with Gasteiger partial charge in [0.15, 0.2) is 0 Å². The fourth-order valence-electron chi connectivity index (χ4n) is 5.55. The Kier molecular flexibility index (Phi) is 12.0. The number of piperazine rings is 1. The predicted octanol–water partition coefficient (Wildman–Crippen LogP) is 4.42. The van der Waals surface area contributed by atoms with Gasteiger partial charge in [0, 0.05) is 51.4 Å². The zero-order valence-electron chi connectivity index (χ0n) is 26.8. The minimum atomic E-state index is -2.85. The number of carbonyl (C=O) groups excluding carboxylic acids is 4. The van der Waals surface area contributed by atoms with Crippen LogP contribution in [-0.2, 0) is 19.1 Å². The van der Waals surface area contributed by atoms with Crippen LogP contribution in [0.2, 0.25) is 0 Å². The summed E-state index contributed by atoms with van der Waals surface area (Å²) < 4.78 is 48.5. The molecule has 3 atom stereocenters. The van der Waals surface area contributed by atoms with E-state index >= 15 is 4.39 Å². The van der Waals surface area contributed by atoms with Gasteiger partial charge in [-0.15, -0.1) is 6.58 Å². The number of amides is 4. The normalized spacial score (nSPS) is 19.5. The molecular formula is C32H46F3N5O5. The van der Waals surface area contributed by atoms with E-state index in [0.29, 0.717) is 31.7 Å². The third kappa shape index (κ3) is 10.2. The first kappa shape index (κ1) is 35.9. The maximum atomic E-state index is 15.5. The number of benzene rings is 1. The zero-order chi connectivity index (χ0) is 33.5. The van der Waals surface area contributed by atoms with Crippen LogP contribution in [0.3, 0.4) is 0 Å². The van der Waals surface area contributed by atoms with Gasteiger partial charge in [0.05, 0.1) is 5.69 Å². The second-order valence-corrected chi connectivity index (χ2v) is 12.8. The standard InChI is InChI=1S/C32H46F3N5O5/c1-7-22(27(37-25(41)8-2)29(43)40-17-15-39(6)16-18-40)21-9-10-24(23(33)19-21)36-28(42)26(38-30(44)45-31(3,4)5)20-11-13-32(34,35)14-12-20/h7,9-10,19-20,22,26-27H,1,8,11-18H2,2-6H3,(H,36,42)(H,37,41)(H,38,44)/t22-,26-,27+/m0/s1. The first-order valence-corrected chi connectivity index (χ1v) is 15.4. The molecule has 250 valence electrons. The van der Waals surface area contributed by atoms with Gasteiger partial charge >= 0.3 is 6.09 Å². The number of carbonyl (C=O) groups is 4. The van der Waals surface area contributed by atoms with Crippen molar-refractivity contribution < 1.29 is 37.1 Å². The van der Waals surface area contributed by atoms with Gasteiger partial charge in [-0.1, -0.05) is 19.1 Å². The lowest BCUT2D eigenvalue weighted by atomic mass is 9.81. The Morgan fingerprint density at radius 2 is 1.71 bits per heavy atom. The van der Waals surface area contributed by atoms with E-state index in [4.69, 9.17) is 4.74 Å².